The molecule has 0 spiro atoms. The average molecular weight is 215 g/mol. The maximum absolute atomic E-state index is 8.98. The molecular weight excluding hydrogens is 190 g/mol. The molecule has 90 valence electrons. The molecule has 1 heterocycles. The van der Waals surface area contributed by atoms with Crippen LogP contribution >= 0.6 is 0 Å². The first-order valence-electron chi connectivity index (χ1n) is 6.30. The SMILES string of the molecule is CCCCC(CC)C1OCCN1CCO. The quantitative estimate of drug-likeness (QED) is 0.703. The van der Waals surface area contributed by atoms with Gasteiger partial charge in [0.2, 0.25) is 0 Å². The van der Waals surface area contributed by atoms with Gasteiger partial charge in [0.05, 0.1) is 13.2 Å². The predicted molar refractivity (Wildman–Crippen MR) is 61.7 cm³/mol. The summed E-state index contributed by atoms with van der Waals surface area (Å²) in [7, 11) is 0. The topological polar surface area (TPSA) is 32.7 Å². The molecule has 0 amide bonds. The number of rotatable bonds is 7. The second kappa shape index (κ2) is 7.20. The summed E-state index contributed by atoms with van der Waals surface area (Å²) < 4.78 is 5.78. The zero-order chi connectivity index (χ0) is 11.1. The fraction of sp³-hybridized carbons (Fsp3) is 1.00. The molecule has 15 heavy (non-hydrogen) atoms. The van der Waals surface area contributed by atoms with Gasteiger partial charge in [-0.3, -0.25) is 4.90 Å². The molecule has 0 radical (unpaired) electrons. The zero-order valence-corrected chi connectivity index (χ0v) is 10.1. The van der Waals surface area contributed by atoms with E-state index in [0.29, 0.717) is 5.92 Å². The van der Waals surface area contributed by atoms with Gasteiger partial charge in [0, 0.05) is 13.1 Å². The Hall–Kier alpha value is -0.120. The van der Waals surface area contributed by atoms with E-state index in [-0.39, 0.29) is 12.8 Å². The van der Waals surface area contributed by atoms with Crippen LogP contribution in [0.15, 0.2) is 0 Å². The first-order chi connectivity index (χ1) is 7.33. The minimum absolute atomic E-state index is 0.240. The Kier molecular flexibility index (Phi) is 6.22. The van der Waals surface area contributed by atoms with E-state index in [4.69, 9.17) is 9.84 Å². The largest absolute Gasteiger partial charge is 0.395 e. The summed E-state index contributed by atoms with van der Waals surface area (Å²) in [6.45, 7) is 7.27. The van der Waals surface area contributed by atoms with Gasteiger partial charge in [0.1, 0.15) is 6.23 Å². The highest BCUT2D eigenvalue weighted by atomic mass is 16.5. The summed E-state index contributed by atoms with van der Waals surface area (Å²) in [4.78, 5) is 2.28. The number of ether oxygens (including phenoxy) is 1. The maximum Gasteiger partial charge on any atom is 0.113 e. The van der Waals surface area contributed by atoms with Crippen LogP contribution in [0.2, 0.25) is 0 Å². The summed E-state index contributed by atoms with van der Waals surface area (Å²) in [5, 5.41) is 8.98. The van der Waals surface area contributed by atoms with Crippen molar-refractivity contribution in [3.63, 3.8) is 0 Å². The van der Waals surface area contributed by atoms with Crippen LogP contribution < -0.4 is 0 Å². The fourth-order valence-electron chi connectivity index (χ4n) is 2.34. The number of hydrogen-bond donors (Lipinski definition) is 1. The van der Waals surface area contributed by atoms with Gasteiger partial charge in [-0.1, -0.05) is 26.7 Å². The lowest BCUT2D eigenvalue weighted by Crippen LogP contribution is -2.38. The Labute approximate surface area is 93.4 Å². The smallest absolute Gasteiger partial charge is 0.113 e. The lowest BCUT2D eigenvalue weighted by atomic mass is 9.97. The standard InChI is InChI=1S/C12H25NO2/c1-3-5-6-11(4-2)12-13(7-9-14)8-10-15-12/h11-12,14H,3-10H2,1-2H3. The molecule has 2 unspecified atom stereocenters. The van der Waals surface area contributed by atoms with Crippen LogP contribution in [0.4, 0.5) is 0 Å². The van der Waals surface area contributed by atoms with E-state index >= 15 is 0 Å². The fourth-order valence-corrected chi connectivity index (χ4v) is 2.34. The second-order valence-electron chi connectivity index (χ2n) is 4.33. The number of aliphatic hydroxyl groups excluding tert-OH is 1. The van der Waals surface area contributed by atoms with E-state index in [9.17, 15) is 0 Å². The van der Waals surface area contributed by atoms with Crippen molar-refractivity contribution >= 4 is 0 Å². The van der Waals surface area contributed by atoms with Crippen molar-refractivity contribution in [1.29, 1.82) is 0 Å². The number of hydrogen-bond acceptors (Lipinski definition) is 3. The predicted octanol–water partition coefficient (Wildman–Crippen LogP) is 1.85. The van der Waals surface area contributed by atoms with Crippen molar-refractivity contribution in [2.45, 2.75) is 45.8 Å². The molecule has 2 atom stereocenters. The lowest BCUT2D eigenvalue weighted by molar-refractivity contribution is -0.0228. The summed E-state index contributed by atoms with van der Waals surface area (Å²) in [5.41, 5.74) is 0. The van der Waals surface area contributed by atoms with Crippen LogP contribution in [-0.4, -0.2) is 42.5 Å². The Bertz CT molecular complexity index is 164. The van der Waals surface area contributed by atoms with Gasteiger partial charge < -0.3 is 9.84 Å². The molecule has 1 aliphatic heterocycles. The van der Waals surface area contributed by atoms with Crippen LogP contribution in [-0.2, 0) is 4.74 Å². The molecule has 1 fully saturated rings. The molecule has 1 N–H and O–H groups in total. The molecule has 3 heteroatoms. The highest BCUT2D eigenvalue weighted by Crippen LogP contribution is 2.25. The van der Waals surface area contributed by atoms with Gasteiger partial charge in [0.25, 0.3) is 0 Å². The highest BCUT2D eigenvalue weighted by molar-refractivity contribution is 4.76. The highest BCUT2D eigenvalue weighted by Gasteiger charge is 2.30. The Morgan fingerprint density at radius 3 is 2.87 bits per heavy atom. The summed E-state index contributed by atoms with van der Waals surface area (Å²) in [5.74, 6) is 0.638. The molecule has 1 aliphatic rings. The molecule has 0 aromatic carbocycles. The van der Waals surface area contributed by atoms with Crippen molar-refractivity contribution in [2.24, 2.45) is 5.92 Å². The molecule has 1 rings (SSSR count). The number of β-amino-alcohol motifs (C(OH)–C–C–N with tert-alkyl or cyclic N) is 1. The van der Waals surface area contributed by atoms with Crippen molar-refractivity contribution in [1.82, 2.24) is 4.90 Å². The Balaban J connectivity index is 2.42. The van der Waals surface area contributed by atoms with Gasteiger partial charge in [-0.2, -0.15) is 0 Å². The summed E-state index contributed by atoms with van der Waals surface area (Å²) >= 11 is 0. The van der Waals surface area contributed by atoms with Crippen LogP contribution in [0.5, 0.6) is 0 Å². The van der Waals surface area contributed by atoms with Crippen molar-refractivity contribution in [3.8, 4) is 0 Å². The van der Waals surface area contributed by atoms with E-state index < -0.39 is 0 Å². The monoisotopic (exact) mass is 215 g/mol. The normalized spacial score (nSPS) is 24.6. The van der Waals surface area contributed by atoms with E-state index in [1.807, 2.05) is 0 Å². The van der Waals surface area contributed by atoms with Crippen molar-refractivity contribution in [3.05, 3.63) is 0 Å². The van der Waals surface area contributed by atoms with Gasteiger partial charge in [0.15, 0.2) is 0 Å². The van der Waals surface area contributed by atoms with Crippen LogP contribution in [0.1, 0.15) is 39.5 Å². The first kappa shape index (κ1) is 12.9. The summed E-state index contributed by atoms with van der Waals surface area (Å²) in [6.07, 6.45) is 5.22. The third-order valence-electron chi connectivity index (χ3n) is 3.27. The zero-order valence-electron chi connectivity index (χ0n) is 10.1. The number of unbranched alkanes of at least 4 members (excludes halogenated alkanes) is 1. The van der Waals surface area contributed by atoms with Crippen LogP contribution in [0.3, 0.4) is 0 Å². The first-order valence-corrected chi connectivity index (χ1v) is 6.30. The maximum atomic E-state index is 8.98. The van der Waals surface area contributed by atoms with Gasteiger partial charge in [-0.15, -0.1) is 0 Å². The minimum atomic E-state index is 0.240. The lowest BCUT2D eigenvalue weighted by Gasteiger charge is -2.29. The molecule has 0 saturated carbocycles. The molecule has 3 nitrogen and oxygen atoms in total. The molecular formula is C12H25NO2. The third-order valence-corrected chi connectivity index (χ3v) is 3.27. The Morgan fingerprint density at radius 1 is 1.47 bits per heavy atom. The van der Waals surface area contributed by atoms with Crippen LogP contribution in [0, 0.1) is 5.92 Å². The molecule has 0 aromatic heterocycles. The number of nitrogens with zero attached hydrogens (tertiary/aromatic N) is 1. The van der Waals surface area contributed by atoms with E-state index in [2.05, 4.69) is 18.7 Å². The van der Waals surface area contributed by atoms with Crippen LogP contribution in [0.25, 0.3) is 0 Å². The summed E-state index contributed by atoms with van der Waals surface area (Å²) in [6, 6.07) is 0. The van der Waals surface area contributed by atoms with Gasteiger partial charge in [-0.25, -0.2) is 0 Å². The van der Waals surface area contributed by atoms with Gasteiger partial charge in [-0.05, 0) is 18.8 Å². The Morgan fingerprint density at radius 2 is 2.27 bits per heavy atom. The minimum Gasteiger partial charge on any atom is -0.395 e. The third kappa shape index (κ3) is 3.74. The van der Waals surface area contributed by atoms with Crippen molar-refractivity contribution in [2.75, 3.05) is 26.3 Å². The molecule has 0 aliphatic carbocycles. The molecule has 0 aromatic rings. The second-order valence-corrected chi connectivity index (χ2v) is 4.33. The van der Waals surface area contributed by atoms with E-state index in [0.717, 1.165) is 19.7 Å². The van der Waals surface area contributed by atoms with E-state index in [1.165, 1.54) is 25.7 Å². The molecule has 0 bridgehead atoms. The van der Waals surface area contributed by atoms with Crippen molar-refractivity contribution < 1.29 is 9.84 Å². The number of aliphatic hydroxyl groups is 1. The average Bonchev–Trinajstić information content (AvgIpc) is 2.68. The van der Waals surface area contributed by atoms with Gasteiger partial charge >= 0.3 is 0 Å². The van der Waals surface area contributed by atoms with E-state index in [1.54, 1.807) is 0 Å². The molecule has 1 saturated heterocycles.